The molecule has 1 fully saturated rings. The normalized spacial score (nSPS) is 14.2. The first-order valence-electron chi connectivity index (χ1n) is 13.5. The molecule has 1 N–H and O–H groups in total. The quantitative estimate of drug-likeness (QED) is 0.0698. The molecule has 5 aromatic rings. The van der Waals surface area contributed by atoms with Crippen molar-refractivity contribution >= 4 is 58.2 Å². The van der Waals surface area contributed by atoms with Gasteiger partial charge in [-0.2, -0.15) is 0 Å². The molecule has 0 bridgehead atoms. The van der Waals surface area contributed by atoms with E-state index in [2.05, 4.69) is 5.32 Å². The van der Waals surface area contributed by atoms with Crippen LogP contribution in [0, 0.1) is 17.0 Å². The minimum Gasteiger partial charge on any atom is -0.309 e. The van der Waals surface area contributed by atoms with Crippen LogP contribution in [0.15, 0.2) is 115 Å². The van der Waals surface area contributed by atoms with Gasteiger partial charge in [0, 0.05) is 28.4 Å². The van der Waals surface area contributed by atoms with E-state index in [-0.39, 0.29) is 16.4 Å². The molecule has 2 heterocycles. The van der Waals surface area contributed by atoms with Crippen LogP contribution in [0.4, 0.5) is 11.4 Å². The number of nitro groups is 1. The fraction of sp³-hybridized carbons (Fsp3) is 0.0294. The van der Waals surface area contributed by atoms with Crippen LogP contribution in [0.2, 0.25) is 5.02 Å². The van der Waals surface area contributed by atoms with Crippen molar-refractivity contribution in [2.24, 2.45) is 0 Å². The Bertz CT molecular complexity index is 1990. The molecule has 2 amide bonds. The largest absolute Gasteiger partial charge is 0.309 e. The lowest BCUT2D eigenvalue weighted by Gasteiger charge is -2.29. The standard InChI is InChI=1S/C34H23ClN4O4S/c1-21-12-13-27(20-29(21)35)38-33(41)28(32(40)36-34(38)44)18-24-19-30(22-8-4-2-5-9-22)37(31(24)23-10-6-3-7-11-23)25-14-16-26(17-15-25)39(42)43/h2-20H,1H3,(H,36,40,44)/b28-18-. The molecule has 1 aliphatic heterocycles. The van der Waals surface area contributed by atoms with E-state index in [0.29, 0.717) is 27.7 Å². The van der Waals surface area contributed by atoms with E-state index in [1.807, 2.05) is 78.2 Å². The number of nitrogens with one attached hydrogen (secondary N) is 1. The third kappa shape index (κ3) is 5.30. The second-order valence-electron chi connectivity index (χ2n) is 10.1. The van der Waals surface area contributed by atoms with Gasteiger partial charge in [-0.3, -0.25) is 29.9 Å². The number of non-ortho nitro benzene ring substituents is 1. The van der Waals surface area contributed by atoms with Gasteiger partial charge in [-0.15, -0.1) is 0 Å². The van der Waals surface area contributed by atoms with Gasteiger partial charge < -0.3 is 4.57 Å². The zero-order valence-electron chi connectivity index (χ0n) is 23.2. The highest BCUT2D eigenvalue weighted by Crippen LogP contribution is 2.38. The van der Waals surface area contributed by atoms with E-state index >= 15 is 0 Å². The fourth-order valence-electron chi connectivity index (χ4n) is 5.11. The summed E-state index contributed by atoms with van der Waals surface area (Å²) in [6.45, 7) is 1.85. The second kappa shape index (κ2) is 11.7. The summed E-state index contributed by atoms with van der Waals surface area (Å²) in [6.07, 6.45) is 1.55. The second-order valence-corrected chi connectivity index (χ2v) is 10.9. The molecule has 1 saturated heterocycles. The number of hydrogen-bond donors (Lipinski definition) is 1. The molecule has 0 unspecified atom stereocenters. The molecular formula is C34H23ClN4O4S. The molecule has 8 nitrogen and oxygen atoms in total. The van der Waals surface area contributed by atoms with Crippen molar-refractivity contribution in [2.45, 2.75) is 6.92 Å². The van der Waals surface area contributed by atoms with Crippen molar-refractivity contribution < 1.29 is 14.5 Å². The van der Waals surface area contributed by atoms with Crippen molar-refractivity contribution in [1.29, 1.82) is 0 Å². The first kappa shape index (κ1) is 28.7. The van der Waals surface area contributed by atoms with E-state index in [1.165, 1.54) is 17.0 Å². The maximum absolute atomic E-state index is 13.9. The minimum atomic E-state index is -0.627. The molecule has 6 rings (SSSR count). The first-order chi connectivity index (χ1) is 21.2. The Morgan fingerprint density at radius 1 is 0.841 bits per heavy atom. The van der Waals surface area contributed by atoms with E-state index < -0.39 is 16.7 Å². The number of rotatable bonds is 6. The van der Waals surface area contributed by atoms with Gasteiger partial charge in [0.05, 0.1) is 22.0 Å². The smallest absolute Gasteiger partial charge is 0.270 e. The molecule has 0 aliphatic carbocycles. The van der Waals surface area contributed by atoms with E-state index in [9.17, 15) is 19.7 Å². The summed E-state index contributed by atoms with van der Waals surface area (Å²) in [5, 5.41) is 14.5. The number of nitro benzene ring substituents is 1. The molecule has 0 saturated carbocycles. The molecule has 0 radical (unpaired) electrons. The molecular weight excluding hydrogens is 596 g/mol. The molecule has 0 spiro atoms. The van der Waals surface area contributed by atoms with Crippen molar-refractivity contribution in [1.82, 2.24) is 9.88 Å². The Morgan fingerprint density at radius 3 is 2.07 bits per heavy atom. The van der Waals surface area contributed by atoms with Crippen molar-refractivity contribution in [3.63, 3.8) is 0 Å². The number of aromatic nitrogens is 1. The van der Waals surface area contributed by atoms with E-state index in [4.69, 9.17) is 23.8 Å². The highest BCUT2D eigenvalue weighted by molar-refractivity contribution is 7.80. The lowest BCUT2D eigenvalue weighted by molar-refractivity contribution is -0.384. The predicted octanol–water partition coefficient (Wildman–Crippen LogP) is 7.51. The molecule has 44 heavy (non-hydrogen) atoms. The Hall–Kier alpha value is -5.38. The summed E-state index contributed by atoms with van der Waals surface area (Å²) >= 11 is 11.7. The summed E-state index contributed by atoms with van der Waals surface area (Å²) in [6, 6.07) is 32.4. The van der Waals surface area contributed by atoms with Crippen LogP contribution in [-0.2, 0) is 9.59 Å². The summed E-state index contributed by atoms with van der Waals surface area (Å²) in [5.41, 5.74) is 5.46. The van der Waals surface area contributed by atoms with E-state index in [0.717, 1.165) is 22.4 Å². The number of carbonyl (C=O) groups is 2. The van der Waals surface area contributed by atoms with Crippen molar-refractivity contribution in [3.05, 3.63) is 141 Å². The SMILES string of the molecule is Cc1ccc(N2C(=O)/C(=C\c3cc(-c4ccccc4)n(-c4ccc([N+](=O)[O-])cc4)c3-c3ccccc3)C(=O)NC2=S)cc1Cl. The van der Waals surface area contributed by atoms with Crippen LogP contribution in [0.3, 0.4) is 0 Å². The topological polar surface area (TPSA) is 97.5 Å². The number of halogens is 1. The average molecular weight is 619 g/mol. The van der Waals surface area contributed by atoms with Crippen LogP contribution >= 0.6 is 23.8 Å². The Balaban J connectivity index is 1.59. The zero-order valence-corrected chi connectivity index (χ0v) is 24.8. The number of hydrogen-bond acceptors (Lipinski definition) is 5. The molecule has 216 valence electrons. The van der Waals surface area contributed by atoms with Crippen molar-refractivity contribution in [3.8, 4) is 28.2 Å². The first-order valence-corrected chi connectivity index (χ1v) is 14.3. The summed E-state index contributed by atoms with van der Waals surface area (Å²) in [5.74, 6) is -1.22. The summed E-state index contributed by atoms with van der Waals surface area (Å²) < 4.78 is 1.97. The van der Waals surface area contributed by atoms with Crippen LogP contribution in [0.25, 0.3) is 34.3 Å². The van der Waals surface area contributed by atoms with Gasteiger partial charge in [0.1, 0.15) is 5.57 Å². The lowest BCUT2D eigenvalue weighted by Crippen LogP contribution is -2.54. The van der Waals surface area contributed by atoms with Gasteiger partial charge in [0.15, 0.2) is 5.11 Å². The molecule has 1 aliphatic rings. The highest BCUT2D eigenvalue weighted by atomic mass is 35.5. The third-order valence-corrected chi connectivity index (χ3v) is 7.97. The maximum atomic E-state index is 13.9. The Kier molecular flexibility index (Phi) is 7.65. The predicted molar refractivity (Wildman–Crippen MR) is 176 cm³/mol. The Morgan fingerprint density at radius 2 is 1.45 bits per heavy atom. The zero-order chi connectivity index (χ0) is 31.0. The number of aryl methyl sites for hydroxylation is 1. The van der Waals surface area contributed by atoms with Crippen LogP contribution in [0.1, 0.15) is 11.1 Å². The average Bonchev–Trinajstić information content (AvgIpc) is 3.41. The number of amides is 2. The summed E-state index contributed by atoms with van der Waals surface area (Å²) in [4.78, 5) is 39.4. The minimum absolute atomic E-state index is 0.0393. The lowest BCUT2D eigenvalue weighted by atomic mass is 10.0. The number of carbonyl (C=O) groups excluding carboxylic acids is 2. The highest BCUT2D eigenvalue weighted by Gasteiger charge is 2.35. The third-order valence-electron chi connectivity index (χ3n) is 7.28. The molecule has 0 atom stereocenters. The number of anilines is 1. The molecule has 4 aromatic carbocycles. The number of benzene rings is 4. The van der Waals surface area contributed by atoms with Gasteiger partial charge in [-0.1, -0.05) is 78.3 Å². The van der Waals surface area contributed by atoms with Gasteiger partial charge in [0.25, 0.3) is 17.5 Å². The number of nitrogens with zero attached hydrogens (tertiary/aromatic N) is 3. The van der Waals surface area contributed by atoms with Crippen LogP contribution in [-0.4, -0.2) is 26.4 Å². The van der Waals surface area contributed by atoms with Gasteiger partial charge in [0.2, 0.25) is 0 Å². The van der Waals surface area contributed by atoms with Gasteiger partial charge in [-0.25, -0.2) is 0 Å². The van der Waals surface area contributed by atoms with E-state index in [1.54, 1.807) is 36.4 Å². The number of thiocarbonyl (C=S) groups is 1. The van der Waals surface area contributed by atoms with Crippen molar-refractivity contribution in [2.75, 3.05) is 4.90 Å². The van der Waals surface area contributed by atoms with Gasteiger partial charge >= 0.3 is 0 Å². The molecule has 1 aromatic heterocycles. The maximum Gasteiger partial charge on any atom is 0.270 e. The summed E-state index contributed by atoms with van der Waals surface area (Å²) in [7, 11) is 0. The van der Waals surface area contributed by atoms with Crippen LogP contribution in [0.5, 0.6) is 0 Å². The fourth-order valence-corrected chi connectivity index (χ4v) is 5.57. The van der Waals surface area contributed by atoms with Gasteiger partial charge in [-0.05, 0) is 72.2 Å². The molecule has 10 heteroatoms. The monoisotopic (exact) mass is 618 g/mol. The Labute approximate surface area is 263 Å². The van der Waals surface area contributed by atoms with Crippen LogP contribution < -0.4 is 10.2 Å².